The van der Waals surface area contributed by atoms with Crippen LogP contribution in [0.15, 0.2) is 82.2 Å². The molecule has 1 aromatic heterocycles. The molecule has 4 aromatic rings. The second-order valence-corrected chi connectivity index (χ2v) is 9.29. The largest absolute Gasteiger partial charge is 0.452 e. The fraction of sp³-hybridized carbons (Fsp3) is 0.125. The lowest BCUT2D eigenvalue weighted by molar-refractivity contribution is 0.0425. The van der Waals surface area contributed by atoms with Crippen molar-refractivity contribution < 1.29 is 26.9 Å². The Kier molecular flexibility index (Phi) is 6.42. The van der Waals surface area contributed by atoms with Crippen LogP contribution < -0.4 is 4.31 Å². The SMILES string of the molecule is Cc1ccc(-c2noc(COC(=O)c3ccccc3S(=O)(=O)N(C)c3ccccc3)n2)cc1F. The number of sulfonamides is 1. The van der Waals surface area contributed by atoms with E-state index >= 15 is 0 Å². The summed E-state index contributed by atoms with van der Waals surface area (Å²) >= 11 is 0. The maximum Gasteiger partial charge on any atom is 0.340 e. The molecule has 0 radical (unpaired) electrons. The second-order valence-electron chi connectivity index (χ2n) is 7.36. The number of nitrogens with zero attached hydrogens (tertiary/aromatic N) is 3. The lowest BCUT2D eigenvalue weighted by Crippen LogP contribution is -2.28. The molecule has 0 aliphatic carbocycles. The van der Waals surface area contributed by atoms with Gasteiger partial charge in [0.25, 0.3) is 15.9 Å². The number of benzene rings is 3. The van der Waals surface area contributed by atoms with Crippen LogP contribution in [0.2, 0.25) is 0 Å². The molecule has 0 fully saturated rings. The van der Waals surface area contributed by atoms with Crippen LogP contribution in [-0.4, -0.2) is 31.6 Å². The first kappa shape index (κ1) is 23.1. The average molecular weight is 482 g/mol. The molecular weight excluding hydrogens is 461 g/mol. The van der Waals surface area contributed by atoms with E-state index in [1.165, 1.54) is 37.4 Å². The summed E-state index contributed by atoms with van der Waals surface area (Å²) in [5, 5.41) is 3.77. The topological polar surface area (TPSA) is 103 Å². The summed E-state index contributed by atoms with van der Waals surface area (Å²) in [6.45, 7) is 1.25. The van der Waals surface area contributed by atoms with E-state index in [-0.39, 0.29) is 28.8 Å². The van der Waals surface area contributed by atoms with E-state index in [2.05, 4.69) is 10.1 Å². The van der Waals surface area contributed by atoms with Crippen molar-refractivity contribution in [3.05, 3.63) is 95.6 Å². The summed E-state index contributed by atoms with van der Waals surface area (Å²) in [4.78, 5) is 16.7. The molecule has 0 spiro atoms. The van der Waals surface area contributed by atoms with Crippen molar-refractivity contribution >= 4 is 21.7 Å². The molecule has 10 heteroatoms. The third kappa shape index (κ3) is 4.67. The predicted octanol–water partition coefficient (Wildman–Crippen LogP) is 4.37. The first-order valence-corrected chi connectivity index (χ1v) is 11.6. The van der Waals surface area contributed by atoms with Gasteiger partial charge in [0.15, 0.2) is 6.61 Å². The summed E-state index contributed by atoms with van der Waals surface area (Å²) in [6.07, 6.45) is 0. The Morgan fingerprint density at radius 1 is 1.06 bits per heavy atom. The average Bonchev–Trinajstić information content (AvgIpc) is 3.33. The highest BCUT2D eigenvalue weighted by molar-refractivity contribution is 7.92. The highest BCUT2D eigenvalue weighted by Crippen LogP contribution is 2.25. The van der Waals surface area contributed by atoms with Crippen LogP contribution in [0.25, 0.3) is 11.4 Å². The van der Waals surface area contributed by atoms with Crippen LogP contribution in [-0.2, 0) is 21.4 Å². The highest BCUT2D eigenvalue weighted by atomic mass is 32.2. The molecule has 0 aliphatic rings. The molecule has 1 heterocycles. The van der Waals surface area contributed by atoms with Crippen molar-refractivity contribution in [2.45, 2.75) is 18.4 Å². The summed E-state index contributed by atoms with van der Waals surface area (Å²) in [5.74, 6) is -1.17. The van der Waals surface area contributed by atoms with Crippen molar-refractivity contribution in [3.8, 4) is 11.4 Å². The minimum absolute atomic E-state index is 0.0222. The van der Waals surface area contributed by atoms with Gasteiger partial charge in [-0.05, 0) is 42.8 Å². The smallest absolute Gasteiger partial charge is 0.340 e. The zero-order valence-electron chi connectivity index (χ0n) is 18.3. The Balaban J connectivity index is 1.52. The first-order chi connectivity index (χ1) is 16.3. The van der Waals surface area contributed by atoms with Gasteiger partial charge >= 0.3 is 5.97 Å². The van der Waals surface area contributed by atoms with Crippen molar-refractivity contribution in [3.63, 3.8) is 0 Å². The van der Waals surface area contributed by atoms with E-state index in [9.17, 15) is 17.6 Å². The van der Waals surface area contributed by atoms with E-state index in [1.807, 2.05) is 0 Å². The van der Waals surface area contributed by atoms with Gasteiger partial charge in [0.1, 0.15) is 10.7 Å². The number of rotatable bonds is 7. The third-order valence-corrected chi connectivity index (χ3v) is 6.93. The summed E-state index contributed by atoms with van der Waals surface area (Å²) < 4.78 is 51.6. The number of carbonyl (C=O) groups excluding carboxylic acids is 1. The number of anilines is 1. The zero-order valence-corrected chi connectivity index (χ0v) is 19.1. The van der Waals surface area contributed by atoms with Crippen LogP contribution >= 0.6 is 0 Å². The normalized spacial score (nSPS) is 11.3. The fourth-order valence-electron chi connectivity index (χ4n) is 3.15. The van der Waals surface area contributed by atoms with Crippen molar-refractivity contribution in [1.29, 1.82) is 0 Å². The van der Waals surface area contributed by atoms with Crippen LogP contribution in [0, 0.1) is 12.7 Å². The monoisotopic (exact) mass is 481 g/mol. The molecule has 0 amide bonds. The Morgan fingerprint density at radius 3 is 2.50 bits per heavy atom. The minimum atomic E-state index is -4.04. The number of esters is 1. The summed E-state index contributed by atoms with van der Waals surface area (Å²) in [7, 11) is -2.64. The Bertz CT molecular complexity index is 1440. The molecule has 0 saturated carbocycles. The van der Waals surface area contributed by atoms with Crippen molar-refractivity contribution in [2.75, 3.05) is 11.4 Å². The summed E-state index contributed by atoms with van der Waals surface area (Å²) in [6, 6.07) is 18.8. The Morgan fingerprint density at radius 2 is 1.76 bits per heavy atom. The van der Waals surface area contributed by atoms with E-state index in [4.69, 9.17) is 9.26 Å². The number of ether oxygens (including phenoxy) is 1. The maximum absolute atomic E-state index is 13.8. The molecule has 4 rings (SSSR count). The maximum atomic E-state index is 13.8. The minimum Gasteiger partial charge on any atom is -0.452 e. The molecule has 0 unspecified atom stereocenters. The predicted molar refractivity (Wildman–Crippen MR) is 122 cm³/mol. The quantitative estimate of drug-likeness (QED) is 0.361. The number of aryl methyl sites for hydroxylation is 1. The molecule has 8 nitrogen and oxygen atoms in total. The molecule has 3 aromatic carbocycles. The number of halogens is 1. The Labute approximate surface area is 195 Å². The Hall–Kier alpha value is -4.05. The number of hydrogen-bond donors (Lipinski definition) is 0. The lowest BCUT2D eigenvalue weighted by atomic mass is 10.1. The molecule has 34 heavy (non-hydrogen) atoms. The van der Waals surface area contributed by atoms with Gasteiger partial charge in [-0.2, -0.15) is 4.98 Å². The standard InChI is InChI=1S/C24H20FN3O5S/c1-16-12-13-17(14-20(16)25)23-26-22(33-27-23)15-32-24(29)19-10-6-7-11-21(19)34(30,31)28(2)18-8-4-3-5-9-18/h3-14H,15H2,1-2H3. The molecule has 0 bridgehead atoms. The number of hydrogen-bond acceptors (Lipinski definition) is 7. The zero-order chi connectivity index (χ0) is 24.3. The van der Waals surface area contributed by atoms with Gasteiger partial charge < -0.3 is 9.26 Å². The molecule has 0 saturated heterocycles. The highest BCUT2D eigenvalue weighted by Gasteiger charge is 2.27. The van der Waals surface area contributed by atoms with Gasteiger partial charge in [-0.15, -0.1) is 0 Å². The van der Waals surface area contributed by atoms with E-state index < -0.39 is 21.8 Å². The molecule has 0 atom stereocenters. The van der Waals surface area contributed by atoms with Gasteiger partial charge in [0, 0.05) is 12.6 Å². The molecule has 174 valence electrons. The molecule has 0 aliphatic heterocycles. The van der Waals surface area contributed by atoms with Crippen LogP contribution in [0.1, 0.15) is 21.8 Å². The van der Waals surface area contributed by atoms with E-state index in [1.54, 1.807) is 49.4 Å². The number of aromatic nitrogens is 2. The molecular formula is C24H20FN3O5S. The van der Waals surface area contributed by atoms with Gasteiger partial charge in [-0.3, -0.25) is 4.31 Å². The van der Waals surface area contributed by atoms with Crippen molar-refractivity contribution in [1.82, 2.24) is 10.1 Å². The fourth-order valence-corrected chi connectivity index (χ4v) is 4.53. The van der Waals surface area contributed by atoms with Crippen LogP contribution in [0.5, 0.6) is 0 Å². The first-order valence-electron chi connectivity index (χ1n) is 10.2. The van der Waals surface area contributed by atoms with Gasteiger partial charge in [0.2, 0.25) is 5.82 Å². The number of para-hydroxylation sites is 1. The van der Waals surface area contributed by atoms with Gasteiger partial charge in [-0.25, -0.2) is 17.6 Å². The van der Waals surface area contributed by atoms with E-state index in [0.29, 0.717) is 16.8 Å². The van der Waals surface area contributed by atoms with Crippen molar-refractivity contribution in [2.24, 2.45) is 0 Å². The van der Waals surface area contributed by atoms with Crippen LogP contribution in [0.4, 0.5) is 10.1 Å². The van der Waals surface area contributed by atoms with Gasteiger partial charge in [-0.1, -0.05) is 47.6 Å². The van der Waals surface area contributed by atoms with E-state index in [0.717, 1.165) is 4.31 Å². The third-order valence-electron chi connectivity index (χ3n) is 5.09. The second kappa shape index (κ2) is 9.44. The number of carbonyl (C=O) groups is 1. The van der Waals surface area contributed by atoms with Gasteiger partial charge in [0.05, 0.1) is 11.3 Å². The lowest BCUT2D eigenvalue weighted by Gasteiger charge is -2.20. The summed E-state index contributed by atoms with van der Waals surface area (Å²) in [5.41, 5.74) is 1.19. The molecule has 0 N–H and O–H groups in total. The van der Waals surface area contributed by atoms with Crippen LogP contribution in [0.3, 0.4) is 0 Å².